The molecule has 0 spiro atoms. The molecule has 0 amide bonds. The second-order valence-corrected chi connectivity index (χ2v) is 2.70. The number of anilines is 1. The summed E-state index contributed by atoms with van der Waals surface area (Å²) >= 11 is 0. The lowest BCUT2D eigenvalue weighted by molar-refractivity contribution is -0.138. The van der Waals surface area contributed by atoms with Crippen LogP contribution in [0.25, 0.3) is 0 Å². The molecule has 2 N–H and O–H groups in total. The average Bonchev–Trinajstić information content (AvgIpc) is 2.07. The van der Waals surface area contributed by atoms with Gasteiger partial charge in [-0.2, -0.15) is 13.2 Å². The molecule has 1 aromatic rings. The van der Waals surface area contributed by atoms with Gasteiger partial charge in [0.1, 0.15) is 0 Å². The predicted molar refractivity (Wildman–Crippen MR) is 43.0 cm³/mol. The molecule has 0 unspecified atom stereocenters. The Hall–Kier alpha value is -1.33. The number of aryl methyl sites for hydroxylation is 1. The summed E-state index contributed by atoms with van der Waals surface area (Å²) in [6.07, 6.45) is -4.54. The van der Waals surface area contributed by atoms with Crippen LogP contribution < -0.4 is 5.73 Å². The van der Waals surface area contributed by atoms with E-state index in [2.05, 4.69) is 4.98 Å². The van der Waals surface area contributed by atoms with E-state index in [1.54, 1.807) is 0 Å². The Bertz CT molecular complexity index is 346. The summed E-state index contributed by atoms with van der Waals surface area (Å²) in [6.45, 7) is 1.49. The first-order chi connectivity index (χ1) is 6.36. The molecule has 78 valence electrons. The quantitative estimate of drug-likeness (QED) is 0.719. The van der Waals surface area contributed by atoms with Gasteiger partial charge in [-0.3, -0.25) is 0 Å². The first kappa shape index (κ1) is 10.7. The molecule has 0 saturated heterocycles. The molecule has 0 fully saturated rings. The Morgan fingerprint density at radius 2 is 2.00 bits per heavy atom. The molecule has 0 saturated carbocycles. The van der Waals surface area contributed by atoms with Crippen molar-refractivity contribution in [2.45, 2.75) is 19.5 Å². The normalized spacial score (nSPS) is 11.8. The van der Waals surface area contributed by atoms with E-state index in [9.17, 15) is 17.6 Å². The molecule has 6 heteroatoms. The highest BCUT2D eigenvalue weighted by molar-refractivity contribution is 5.37. The number of halogens is 4. The van der Waals surface area contributed by atoms with Gasteiger partial charge < -0.3 is 5.73 Å². The van der Waals surface area contributed by atoms with E-state index < -0.39 is 23.4 Å². The van der Waals surface area contributed by atoms with Crippen LogP contribution in [0.1, 0.15) is 18.2 Å². The summed E-state index contributed by atoms with van der Waals surface area (Å²) in [6, 6.07) is 0.376. The Balaban J connectivity index is 3.35. The number of hydrogen-bond acceptors (Lipinski definition) is 2. The molecule has 1 rings (SSSR count). The van der Waals surface area contributed by atoms with E-state index in [4.69, 9.17) is 5.73 Å². The highest BCUT2D eigenvalue weighted by atomic mass is 19.4. The predicted octanol–water partition coefficient (Wildman–Crippen LogP) is 2.38. The fourth-order valence-electron chi connectivity index (χ4n) is 1.06. The van der Waals surface area contributed by atoms with Gasteiger partial charge in [0, 0.05) is 0 Å². The molecule has 1 heterocycles. The number of rotatable bonds is 1. The van der Waals surface area contributed by atoms with Gasteiger partial charge in [0.15, 0.2) is 11.6 Å². The van der Waals surface area contributed by atoms with E-state index in [0.717, 1.165) is 0 Å². The Kier molecular flexibility index (Phi) is 2.64. The van der Waals surface area contributed by atoms with Crippen molar-refractivity contribution in [3.05, 3.63) is 23.1 Å². The molecule has 1 aromatic heterocycles. The smallest absolute Gasteiger partial charge is 0.381 e. The van der Waals surface area contributed by atoms with E-state index in [1.807, 2.05) is 0 Å². The van der Waals surface area contributed by atoms with Crippen LogP contribution in [0.2, 0.25) is 0 Å². The zero-order valence-electron chi connectivity index (χ0n) is 7.32. The van der Waals surface area contributed by atoms with Crippen LogP contribution in [-0.2, 0) is 12.6 Å². The second kappa shape index (κ2) is 3.43. The fraction of sp³-hybridized carbons (Fsp3) is 0.375. The molecule has 2 nitrogen and oxygen atoms in total. The van der Waals surface area contributed by atoms with E-state index in [0.29, 0.717) is 6.07 Å². The van der Waals surface area contributed by atoms with Gasteiger partial charge >= 0.3 is 6.18 Å². The van der Waals surface area contributed by atoms with E-state index in [1.165, 1.54) is 6.92 Å². The molecule has 0 aromatic carbocycles. The van der Waals surface area contributed by atoms with Crippen LogP contribution in [0.4, 0.5) is 23.4 Å². The number of nitrogens with zero attached hydrogens (tertiary/aromatic N) is 1. The summed E-state index contributed by atoms with van der Waals surface area (Å²) in [4.78, 5) is 3.34. The minimum absolute atomic E-state index is 0.0549. The molecule has 0 aliphatic rings. The van der Waals surface area contributed by atoms with Crippen LogP contribution in [0.5, 0.6) is 0 Å². The minimum atomic E-state index is -4.59. The topological polar surface area (TPSA) is 38.9 Å². The summed E-state index contributed by atoms with van der Waals surface area (Å²) in [7, 11) is 0. The number of nitrogen functional groups attached to an aromatic ring is 1. The van der Waals surface area contributed by atoms with Crippen LogP contribution in [0, 0.1) is 5.82 Å². The van der Waals surface area contributed by atoms with Crippen LogP contribution in [0.3, 0.4) is 0 Å². The molecule has 0 aliphatic heterocycles. The molecular formula is C8H8F4N2. The summed E-state index contributed by atoms with van der Waals surface area (Å²) in [5.41, 5.74) is 3.75. The van der Waals surface area contributed by atoms with Crippen molar-refractivity contribution in [1.82, 2.24) is 4.98 Å². The zero-order valence-corrected chi connectivity index (χ0v) is 7.32. The van der Waals surface area contributed by atoms with Crippen molar-refractivity contribution < 1.29 is 17.6 Å². The summed E-state index contributed by atoms with van der Waals surface area (Å²) < 4.78 is 49.6. The minimum Gasteiger partial charge on any atom is -0.381 e. The largest absolute Gasteiger partial charge is 0.418 e. The van der Waals surface area contributed by atoms with Gasteiger partial charge in [-0.15, -0.1) is 0 Å². The van der Waals surface area contributed by atoms with Gasteiger partial charge in [-0.1, -0.05) is 6.92 Å². The third-order valence-electron chi connectivity index (χ3n) is 1.72. The van der Waals surface area contributed by atoms with Crippen molar-refractivity contribution in [2.75, 3.05) is 5.73 Å². The fourth-order valence-corrected chi connectivity index (χ4v) is 1.06. The second-order valence-electron chi connectivity index (χ2n) is 2.70. The maximum atomic E-state index is 12.7. The van der Waals surface area contributed by atoms with Crippen molar-refractivity contribution in [2.24, 2.45) is 0 Å². The lowest BCUT2D eigenvalue weighted by atomic mass is 10.1. The highest BCUT2D eigenvalue weighted by Gasteiger charge is 2.34. The number of nitrogens with two attached hydrogens (primary N) is 1. The monoisotopic (exact) mass is 208 g/mol. The summed E-state index contributed by atoms with van der Waals surface area (Å²) in [5, 5.41) is 0. The lowest BCUT2D eigenvalue weighted by Gasteiger charge is -2.11. The molecule has 14 heavy (non-hydrogen) atoms. The SMILES string of the molecule is CCc1nc(N)c(F)cc1C(F)(F)F. The molecule has 0 bridgehead atoms. The highest BCUT2D eigenvalue weighted by Crippen LogP contribution is 2.32. The van der Waals surface area contributed by atoms with Gasteiger partial charge in [0.05, 0.1) is 11.3 Å². The van der Waals surface area contributed by atoms with Gasteiger partial charge in [-0.05, 0) is 12.5 Å². The molecule has 0 aliphatic carbocycles. The van der Waals surface area contributed by atoms with Crippen molar-refractivity contribution in [1.29, 1.82) is 0 Å². The number of aromatic nitrogens is 1. The third-order valence-corrected chi connectivity index (χ3v) is 1.72. The van der Waals surface area contributed by atoms with E-state index >= 15 is 0 Å². The van der Waals surface area contributed by atoms with Gasteiger partial charge in [0.2, 0.25) is 0 Å². The van der Waals surface area contributed by atoms with Crippen molar-refractivity contribution in [3.8, 4) is 0 Å². The molecule has 0 radical (unpaired) electrons. The van der Waals surface area contributed by atoms with Crippen LogP contribution in [0.15, 0.2) is 6.07 Å². The average molecular weight is 208 g/mol. The summed E-state index contributed by atoms with van der Waals surface area (Å²) in [5.74, 6) is -1.65. The number of alkyl halides is 3. The van der Waals surface area contributed by atoms with Crippen LogP contribution in [-0.4, -0.2) is 4.98 Å². The van der Waals surface area contributed by atoms with Gasteiger partial charge in [-0.25, -0.2) is 9.37 Å². The third kappa shape index (κ3) is 1.94. The first-order valence-corrected chi connectivity index (χ1v) is 3.88. The van der Waals surface area contributed by atoms with Gasteiger partial charge in [0.25, 0.3) is 0 Å². The molecule has 0 atom stereocenters. The maximum absolute atomic E-state index is 12.7. The lowest BCUT2D eigenvalue weighted by Crippen LogP contribution is -2.12. The Labute approximate surface area is 77.7 Å². The Morgan fingerprint density at radius 3 is 2.43 bits per heavy atom. The Morgan fingerprint density at radius 1 is 1.43 bits per heavy atom. The number of pyridine rings is 1. The first-order valence-electron chi connectivity index (χ1n) is 3.88. The maximum Gasteiger partial charge on any atom is 0.418 e. The van der Waals surface area contributed by atoms with Crippen molar-refractivity contribution >= 4 is 5.82 Å². The number of hydrogen-bond donors (Lipinski definition) is 1. The zero-order chi connectivity index (χ0) is 10.9. The van der Waals surface area contributed by atoms with E-state index in [-0.39, 0.29) is 12.1 Å². The van der Waals surface area contributed by atoms with Crippen LogP contribution >= 0.6 is 0 Å². The standard InChI is InChI=1S/C8H8F4N2/c1-2-6-4(8(10,11)12)3-5(9)7(13)14-6/h3H,2H2,1H3,(H2,13,14). The van der Waals surface area contributed by atoms with Crippen molar-refractivity contribution in [3.63, 3.8) is 0 Å². The molecular weight excluding hydrogens is 200 g/mol.